The maximum absolute atomic E-state index is 13.9. The van der Waals surface area contributed by atoms with Crippen LogP contribution in [0.1, 0.15) is 12.5 Å². The molecule has 20 heavy (non-hydrogen) atoms. The molecule has 0 amide bonds. The smallest absolute Gasteiger partial charge is 0.228 e. The zero-order valence-electron chi connectivity index (χ0n) is 10.4. The highest BCUT2D eigenvalue weighted by molar-refractivity contribution is 5.99. The normalized spacial score (nSPS) is 11.1. The number of anilines is 1. The first kappa shape index (κ1) is 14.2. The van der Waals surface area contributed by atoms with Gasteiger partial charge in [-0.1, -0.05) is 6.92 Å². The van der Waals surface area contributed by atoms with Gasteiger partial charge in [-0.15, -0.1) is 0 Å². The lowest BCUT2D eigenvalue weighted by atomic mass is 9.98. The number of halogens is 4. The number of phenolic OH excluding ortho intramolecular Hbond substituents is 1. The van der Waals surface area contributed by atoms with E-state index in [1.54, 1.807) is 6.92 Å². The van der Waals surface area contributed by atoms with Gasteiger partial charge in [0.2, 0.25) is 12.7 Å². The predicted octanol–water partition coefficient (Wildman–Crippen LogP) is 3.41. The molecule has 0 unspecified atom stereocenters. The summed E-state index contributed by atoms with van der Waals surface area (Å²) in [5.41, 5.74) is 5.61. The fourth-order valence-electron chi connectivity index (χ4n) is 2.11. The van der Waals surface area contributed by atoms with E-state index in [1.165, 1.54) is 6.07 Å². The van der Waals surface area contributed by atoms with Gasteiger partial charge in [-0.3, -0.25) is 0 Å². The molecule has 108 valence electrons. The van der Waals surface area contributed by atoms with E-state index in [9.17, 15) is 22.7 Å². The van der Waals surface area contributed by atoms with E-state index in [4.69, 9.17) is 5.73 Å². The molecule has 0 atom stereocenters. The summed E-state index contributed by atoms with van der Waals surface area (Å²) in [7, 11) is 0. The molecule has 0 aliphatic rings. The third-order valence-electron chi connectivity index (χ3n) is 3.02. The monoisotopic (exact) mass is 289 g/mol. The molecule has 0 saturated heterocycles. The van der Waals surface area contributed by atoms with Crippen LogP contribution in [0.5, 0.6) is 11.5 Å². The first-order chi connectivity index (χ1) is 9.43. The number of nitrogen functional groups attached to an aromatic ring is 1. The van der Waals surface area contributed by atoms with E-state index in [2.05, 4.69) is 4.74 Å². The second kappa shape index (κ2) is 5.07. The van der Waals surface area contributed by atoms with Gasteiger partial charge in [-0.25, -0.2) is 13.2 Å². The molecule has 0 fully saturated rings. The molecule has 0 saturated carbocycles. The van der Waals surface area contributed by atoms with Gasteiger partial charge in [-0.2, -0.15) is 4.39 Å². The third-order valence-corrected chi connectivity index (χ3v) is 3.02. The number of fused-ring (bicyclic) bond motifs is 1. The Kier molecular flexibility index (Phi) is 3.61. The lowest BCUT2D eigenvalue weighted by Crippen LogP contribution is -2.04. The molecule has 0 heterocycles. The largest absolute Gasteiger partial charge is 0.505 e. The zero-order valence-corrected chi connectivity index (χ0v) is 10.4. The SMILES string of the molecule is CCc1cc(N)c(O)c2c(F)c(F)c(F)c(OCF)c12. The van der Waals surface area contributed by atoms with Crippen molar-refractivity contribution in [2.45, 2.75) is 13.3 Å². The Hall–Kier alpha value is -2.18. The van der Waals surface area contributed by atoms with Crippen molar-refractivity contribution >= 4 is 16.5 Å². The molecule has 3 nitrogen and oxygen atoms in total. The first-order valence-electron chi connectivity index (χ1n) is 5.73. The Morgan fingerprint density at radius 1 is 1.15 bits per heavy atom. The molecule has 0 bridgehead atoms. The Morgan fingerprint density at radius 3 is 2.35 bits per heavy atom. The Balaban J connectivity index is 3.07. The summed E-state index contributed by atoms with van der Waals surface area (Å²) in [4.78, 5) is 0. The van der Waals surface area contributed by atoms with Crippen molar-refractivity contribution in [3.63, 3.8) is 0 Å². The minimum atomic E-state index is -1.86. The highest BCUT2D eigenvalue weighted by Gasteiger charge is 2.26. The standard InChI is InChI=1S/C13H11F4NO2/c1-2-5-3-6(18)12(19)8-7(5)13(20-4-14)11(17)10(16)9(8)15/h3,19H,2,4,18H2,1H3. The van der Waals surface area contributed by atoms with E-state index in [-0.39, 0.29) is 17.5 Å². The summed E-state index contributed by atoms with van der Waals surface area (Å²) in [6.45, 7) is 0.231. The molecule has 7 heteroatoms. The summed E-state index contributed by atoms with van der Waals surface area (Å²) < 4.78 is 57.8. The molecular formula is C13H11F4NO2. The zero-order chi connectivity index (χ0) is 15.0. The number of nitrogens with two attached hydrogens (primary N) is 1. The third kappa shape index (κ3) is 1.90. The van der Waals surface area contributed by atoms with Gasteiger partial charge >= 0.3 is 0 Å². The van der Waals surface area contributed by atoms with E-state index in [0.717, 1.165) is 0 Å². The molecule has 2 aromatic rings. The topological polar surface area (TPSA) is 55.5 Å². The van der Waals surface area contributed by atoms with Crippen LogP contribution in [0.4, 0.5) is 23.2 Å². The van der Waals surface area contributed by atoms with Gasteiger partial charge in [0, 0.05) is 5.39 Å². The number of alkyl halides is 1. The summed E-state index contributed by atoms with van der Waals surface area (Å²) in [5.74, 6) is -6.62. The fourth-order valence-corrected chi connectivity index (χ4v) is 2.11. The summed E-state index contributed by atoms with van der Waals surface area (Å²) >= 11 is 0. The molecule has 0 aromatic heterocycles. The van der Waals surface area contributed by atoms with E-state index >= 15 is 0 Å². The van der Waals surface area contributed by atoms with Crippen LogP contribution in [0, 0.1) is 17.5 Å². The van der Waals surface area contributed by atoms with Gasteiger partial charge in [0.25, 0.3) is 0 Å². The van der Waals surface area contributed by atoms with Crippen molar-refractivity contribution in [3.05, 3.63) is 29.1 Å². The molecule has 0 aliphatic carbocycles. The highest BCUT2D eigenvalue weighted by Crippen LogP contribution is 2.43. The summed E-state index contributed by atoms with van der Waals surface area (Å²) in [6.07, 6.45) is 0.272. The number of hydrogen-bond acceptors (Lipinski definition) is 3. The van der Waals surface area contributed by atoms with Crippen molar-refractivity contribution in [1.29, 1.82) is 0 Å². The van der Waals surface area contributed by atoms with Crippen molar-refractivity contribution in [2.24, 2.45) is 0 Å². The van der Waals surface area contributed by atoms with Crippen LogP contribution in [-0.2, 0) is 6.42 Å². The first-order valence-corrected chi connectivity index (χ1v) is 5.73. The van der Waals surface area contributed by atoms with Crippen LogP contribution in [0.3, 0.4) is 0 Å². The average molecular weight is 289 g/mol. The Morgan fingerprint density at radius 2 is 1.80 bits per heavy atom. The lowest BCUT2D eigenvalue weighted by Gasteiger charge is -2.15. The molecule has 0 aliphatic heterocycles. The van der Waals surface area contributed by atoms with Crippen molar-refractivity contribution in [2.75, 3.05) is 12.6 Å². The predicted molar refractivity (Wildman–Crippen MR) is 65.9 cm³/mol. The maximum atomic E-state index is 13.9. The van der Waals surface area contributed by atoms with Crippen LogP contribution in [0.2, 0.25) is 0 Å². The second-order valence-corrected chi connectivity index (χ2v) is 4.10. The Bertz CT molecular complexity index is 688. The van der Waals surface area contributed by atoms with E-state index in [0.29, 0.717) is 5.56 Å². The molecule has 0 radical (unpaired) electrons. The van der Waals surface area contributed by atoms with Crippen molar-refractivity contribution < 1.29 is 27.4 Å². The van der Waals surface area contributed by atoms with Crippen molar-refractivity contribution in [1.82, 2.24) is 0 Å². The number of aryl methyl sites for hydroxylation is 1. The number of phenols is 1. The van der Waals surface area contributed by atoms with Gasteiger partial charge in [0.15, 0.2) is 17.4 Å². The number of rotatable bonds is 3. The van der Waals surface area contributed by atoms with Gasteiger partial charge in [0.1, 0.15) is 5.75 Å². The minimum absolute atomic E-state index is 0.189. The van der Waals surface area contributed by atoms with Crippen molar-refractivity contribution in [3.8, 4) is 11.5 Å². The molecule has 0 spiro atoms. The molecular weight excluding hydrogens is 278 g/mol. The van der Waals surface area contributed by atoms with Crippen LogP contribution in [0.25, 0.3) is 10.8 Å². The summed E-state index contributed by atoms with van der Waals surface area (Å²) in [5, 5.41) is 8.91. The number of hydrogen-bond donors (Lipinski definition) is 2. The van der Waals surface area contributed by atoms with Gasteiger partial charge < -0.3 is 15.6 Å². The van der Waals surface area contributed by atoms with Crippen LogP contribution < -0.4 is 10.5 Å². The molecule has 2 rings (SSSR count). The minimum Gasteiger partial charge on any atom is -0.505 e. The van der Waals surface area contributed by atoms with Gasteiger partial charge in [0.05, 0.1) is 11.1 Å². The lowest BCUT2D eigenvalue weighted by molar-refractivity contribution is 0.184. The Labute approximate surface area is 111 Å². The van der Waals surface area contributed by atoms with Crippen LogP contribution in [-0.4, -0.2) is 12.0 Å². The van der Waals surface area contributed by atoms with E-state index < -0.39 is 41.2 Å². The average Bonchev–Trinajstić information content (AvgIpc) is 2.43. The fraction of sp³-hybridized carbons (Fsp3) is 0.231. The maximum Gasteiger partial charge on any atom is 0.228 e. The molecule has 3 N–H and O–H groups in total. The van der Waals surface area contributed by atoms with E-state index in [1.807, 2.05) is 0 Å². The second-order valence-electron chi connectivity index (χ2n) is 4.10. The number of benzene rings is 2. The molecule has 2 aromatic carbocycles. The van der Waals surface area contributed by atoms with Gasteiger partial charge in [-0.05, 0) is 18.1 Å². The number of aromatic hydroxyl groups is 1. The quantitative estimate of drug-likeness (QED) is 0.394. The summed E-state index contributed by atoms with van der Waals surface area (Å²) in [6, 6.07) is 1.28. The van der Waals surface area contributed by atoms with Crippen LogP contribution >= 0.6 is 0 Å². The highest BCUT2D eigenvalue weighted by atomic mass is 19.2. The van der Waals surface area contributed by atoms with Crippen LogP contribution in [0.15, 0.2) is 6.07 Å². The number of ether oxygens (including phenoxy) is 1.